The first-order valence-electron chi connectivity index (χ1n) is 5.23. The highest BCUT2D eigenvalue weighted by molar-refractivity contribution is 6.31. The van der Waals surface area contributed by atoms with Crippen LogP contribution in [0.5, 0.6) is 0 Å². The van der Waals surface area contributed by atoms with Gasteiger partial charge in [0.15, 0.2) is 0 Å². The molecule has 1 rings (SSSR count). The van der Waals surface area contributed by atoms with Crippen LogP contribution in [-0.4, -0.2) is 17.5 Å². The van der Waals surface area contributed by atoms with Gasteiger partial charge in [-0.15, -0.1) is 0 Å². The lowest BCUT2D eigenvalue weighted by Gasteiger charge is -2.08. The van der Waals surface area contributed by atoms with Crippen LogP contribution in [0.1, 0.15) is 29.9 Å². The first-order chi connectivity index (χ1) is 7.91. The SMILES string of the molecule is Cc1[nH]c(=O)c(C(=O)NOCC(C)C)cc1Cl. The minimum Gasteiger partial charge on any atom is -0.324 e. The lowest BCUT2D eigenvalue weighted by Crippen LogP contribution is -2.31. The molecule has 94 valence electrons. The molecule has 2 N–H and O–H groups in total. The number of H-pyrrole nitrogens is 1. The normalized spacial score (nSPS) is 10.6. The Kier molecular flexibility index (Phi) is 4.72. The molecule has 0 saturated carbocycles. The highest BCUT2D eigenvalue weighted by Gasteiger charge is 2.12. The number of hydroxylamine groups is 1. The van der Waals surface area contributed by atoms with Crippen LogP contribution in [0.3, 0.4) is 0 Å². The Morgan fingerprint density at radius 1 is 1.59 bits per heavy atom. The molecule has 0 aliphatic rings. The number of hydrogen-bond donors (Lipinski definition) is 2. The van der Waals surface area contributed by atoms with Crippen molar-refractivity contribution >= 4 is 17.5 Å². The van der Waals surface area contributed by atoms with Crippen molar-refractivity contribution in [2.24, 2.45) is 5.92 Å². The molecule has 5 nitrogen and oxygen atoms in total. The van der Waals surface area contributed by atoms with Crippen molar-refractivity contribution in [3.63, 3.8) is 0 Å². The minimum absolute atomic E-state index is 0.0654. The number of rotatable bonds is 4. The Morgan fingerprint density at radius 3 is 2.82 bits per heavy atom. The number of carbonyl (C=O) groups excluding carboxylic acids is 1. The zero-order valence-electron chi connectivity index (χ0n) is 9.96. The van der Waals surface area contributed by atoms with Crippen LogP contribution in [0.4, 0.5) is 0 Å². The van der Waals surface area contributed by atoms with Crippen LogP contribution in [0, 0.1) is 12.8 Å². The van der Waals surface area contributed by atoms with E-state index < -0.39 is 11.5 Å². The van der Waals surface area contributed by atoms with Gasteiger partial charge in [-0.3, -0.25) is 14.4 Å². The van der Waals surface area contributed by atoms with Crippen LogP contribution >= 0.6 is 11.6 Å². The van der Waals surface area contributed by atoms with Gasteiger partial charge < -0.3 is 4.98 Å². The molecule has 0 unspecified atom stereocenters. The Bertz CT molecular complexity index is 468. The Morgan fingerprint density at radius 2 is 2.24 bits per heavy atom. The van der Waals surface area contributed by atoms with Crippen molar-refractivity contribution in [1.29, 1.82) is 0 Å². The molecule has 1 heterocycles. The van der Waals surface area contributed by atoms with E-state index in [-0.39, 0.29) is 11.5 Å². The van der Waals surface area contributed by atoms with Gasteiger partial charge in [-0.25, -0.2) is 5.48 Å². The molecule has 1 aromatic heterocycles. The molecule has 6 heteroatoms. The summed E-state index contributed by atoms with van der Waals surface area (Å²) in [4.78, 5) is 30.5. The molecule has 0 radical (unpaired) electrons. The average molecular weight is 259 g/mol. The van der Waals surface area contributed by atoms with Gasteiger partial charge in [0.1, 0.15) is 5.56 Å². The van der Waals surface area contributed by atoms with E-state index in [2.05, 4.69) is 10.5 Å². The molecule has 0 atom stereocenters. The van der Waals surface area contributed by atoms with Gasteiger partial charge in [0.25, 0.3) is 11.5 Å². The highest BCUT2D eigenvalue weighted by Crippen LogP contribution is 2.11. The van der Waals surface area contributed by atoms with E-state index in [4.69, 9.17) is 16.4 Å². The first-order valence-corrected chi connectivity index (χ1v) is 5.61. The van der Waals surface area contributed by atoms with Gasteiger partial charge >= 0.3 is 0 Å². The molecule has 1 amide bonds. The molecule has 1 aromatic rings. The van der Waals surface area contributed by atoms with E-state index >= 15 is 0 Å². The fourth-order valence-electron chi connectivity index (χ4n) is 1.10. The lowest BCUT2D eigenvalue weighted by atomic mass is 10.2. The molecule has 0 spiro atoms. The zero-order chi connectivity index (χ0) is 13.0. The summed E-state index contributed by atoms with van der Waals surface area (Å²) in [5.41, 5.74) is 2.17. The summed E-state index contributed by atoms with van der Waals surface area (Å²) in [5, 5.41) is 0.332. The van der Waals surface area contributed by atoms with E-state index in [1.807, 2.05) is 13.8 Å². The molecular formula is C11H15ClN2O3. The molecule has 0 fully saturated rings. The van der Waals surface area contributed by atoms with Crippen LogP contribution in [0.2, 0.25) is 5.02 Å². The van der Waals surface area contributed by atoms with Gasteiger partial charge in [0.05, 0.1) is 11.6 Å². The predicted molar refractivity (Wildman–Crippen MR) is 65.1 cm³/mol. The van der Waals surface area contributed by atoms with E-state index in [0.717, 1.165) is 0 Å². The predicted octanol–water partition coefficient (Wildman–Crippen LogP) is 1.65. The van der Waals surface area contributed by atoms with Crippen molar-refractivity contribution in [3.05, 3.63) is 32.7 Å². The summed E-state index contributed by atoms with van der Waals surface area (Å²) >= 11 is 5.82. The molecule has 0 aliphatic carbocycles. The van der Waals surface area contributed by atoms with Gasteiger partial charge in [-0.2, -0.15) is 0 Å². The number of aryl methyl sites for hydroxylation is 1. The molecular weight excluding hydrogens is 244 g/mol. The second-order valence-corrected chi connectivity index (χ2v) is 4.53. The molecule has 0 aliphatic heterocycles. The second kappa shape index (κ2) is 5.84. The second-order valence-electron chi connectivity index (χ2n) is 4.12. The fourth-order valence-corrected chi connectivity index (χ4v) is 1.25. The van der Waals surface area contributed by atoms with Crippen LogP contribution < -0.4 is 11.0 Å². The number of carbonyl (C=O) groups is 1. The monoisotopic (exact) mass is 258 g/mol. The third-order valence-electron chi connectivity index (χ3n) is 2.00. The summed E-state index contributed by atoms with van der Waals surface area (Å²) in [7, 11) is 0. The maximum atomic E-state index is 11.6. The fraction of sp³-hybridized carbons (Fsp3) is 0.455. The zero-order valence-corrected chi connectivity index (χ0v) is 10.7. The number of pyridine rings is 1. The number of amides is 1. The van der Waals surface area contributed by atoms with Gasteiger partial charge in [-0.1, -0.05) is 25.4 Å². The first kappa shape index (κ1) is 13.7. The van der Waals surface area contributed by atoms with E-state index in [0.29, 0.717) is 17.3 Å². The van der Waals surface area contributed by atoms with Crippen LogP contribution in [-0.2, 0) is 4.84 Å². The van der Waals surface area contributed by atoms with Crippen LogP contribution in [0.25, 0.3) is 0 Å². The third-order valence-corrected chi connectivity index (χ3v) is 2.39. The molecule has 17 heavy (non-hydrogen) atoms. The minimum atomic E-state index is -0.603. The van der Waals surface area contributed by atoms with E-state index in [1.165, 1.54) is 6.07 Å². The van der Waals surface area contributed by atoms with E-state index in [9.17, 15) is 9.59 Å². The van der Waals surface area contributed by atoms with E-state index in [1.54, 1.807) is 6.92 Å². The smallest absolute Gasteiger partial charge is 0.280 e. The highest BCUT2D eigenvalue weighted by atomic mass is 35.5. The molecule has 0 bridgehead atoms. The third kappa shape index (κ3) is 3.87. The van der Waals surface area contributed by atoms with Crippen molar-refractivity contribution in [2.45, 2.75) is 20.8 Å². The standard InChI is InChI=1S/C11H15ClN2O3/c1-6(2)5-17-14-11(16)8-4-9(12)7(3)13-10(8)15/h4,6H,5H2,1-3H3,(H,13,15)(H,14,16). The quantitative estimate of drug-likeness (QED) is 0.807. The number of nitrogens with one attached hydrogen (secondary N) is 2. The molecule has 0 aromatic carbocycles. The van der Waals surface area contributed by atoms with Crippen molar-refractivity contribution in [3.8, 4) is 0 Å². The maximum Gasteiger partial charge on any atom is 0.280 e. The van der Waals surface area contributed by atoms with Crippen molar-refractivity contribution in [1.82, 2.24) is 10.5 Å². The van der Waals surface area contributed by atoms with Gasteiger partial charge in [0.2, 0.25) is 0 Å². The topological polar surface area (TPSA) is 71.2 Å². The number of halogens is 1. The summed E-state index contributed by atoms with van der Waals surface area (Å²) in [6.07, 6.45) is 0. The van der Waals surface area contributed by atoms with Gasteiger partial charge in [-0.05, 0) is 18.9 Å². The number of aromatic nitrogens is 1. The lowest BCUT2D eigenvalue weighted by molar-refractivity contribution is 0.0207. The summed E-state index contributed by atoms with van der Waals surface area (Å²) < 4.78 is 0. The van der Waals surface area contributed by atoms with Crippen LogP contribution in [0.15, 0.2) is 10.9 Å². The largest absolute Gasteiger partial charge is 0.324 e. The average Bonchev–Trinajstić information content (AvgIpc) is 2.22. The summed E-state index contributed by atoms with van der Waals surface area (Å²) in [6.45, 7) is 5.92. The number of hydrogen-bond acceptors (Lipinski definition) is 3. The number of aromatic amines is 1. The van der Waals surface area contributed by atoms with Crippen molar-refractivity contribution in [2.75, 3.05) is 6.61 Å². The maximum absolute atomic E-state index is 11.6. The van der Waals surface area contributed by atoms with Gasteiger partial charge in [0, 0.05) is 5.69 Å². The molecule has 0 saturated heterocycles. The Hall–Kier alpha value is -1.33. The Labute approximate surface area is 104 Å². The summed E-state index contributed by atoms with van der Waals surface area (Å²) in [6, 6.07) is 1.32. The Balaban J connectivity index is 2.76. The summed E-state index contributed by atoms with van der Waals surface area (Å²) in [5.74, 6) is -0.316. The van der Waals surface area contributed by atoms with Crippen molar-refractivity contribution < 1.29 is 9.63 Å².